The number of halogens is 1. The van der Waals surface area contributed by atoms with Gasteiger partial charge in [-0.1, -0.05) is 48.0 Å². The highest BCUT2D eigenvalue weighted by Gasteiger charge is 2.46. The Morgan fingerprint density at radius 3 is 2.15 bits per heavy atom. The molecule has 6 heteroatoms. The largest absolute Gasteiger partial charge is 0.457 e. The number of hydrogen-bond acceptors (Lipinski definition) is 3. The van der Waals surface area contributed by atoms with Crippen molar-refractivity contribution in [2.45, 2.75) is 10.9 Å². The quantitative estimate of drug-likeness (QED) is 0.588. The second kappa shape index (κ2) is 6.76. The van der Waals surface area contributed by atoms with Crippen molar-refractivity contribution in [3.05, 3.63) is 89.4 Å². The van der Waals surface area contributed by atoms with Gasteiger partial charge in [0.05, 0.1) is 10.9 Å². The lowest BCUT2D eigenvalue weighted by Gasteiger charge is -2.09. The third-order valence-corrected chi connectivity index (χ3v) is 6.47. The summed E-state index contributed by atoms with van der Waals surface area (Å²) in [5.74, 6) is 1.29. The van der Waals surface area contributed by atoms with Crippen molar-refractivity contribution >= 4 is 21.6 Å². The number of ether oxygens (including phenoxy) is 1. The van der Waals surface area contributed by atoms with Crippen LogP contribution in [0.2, 0.25) is 5.02 Å². The van der Waals surface area contributed by atoms with Crippen LogP contribution in [0.5, 0.6) is 11.5 Å². The minimum Gasteiger partial charge on any atom is -0.457 e. The molecule has 0 amide bonds. The molecular formula is C20H16ClNO3S. The predicted molar refractivity (Wildman–Crippen MR) is 101 cm³/mol. The predicted octanol–water partition coefficient (Wildman–Crippen LogP) is 4.88. The van der Waals surface area contributed by atoms with Crippen LogP contribution in [0.25, 0.3) is 0 Å². The molecule has 1 fully saturated rings. The Labute approximate surface area is 157 Å². The third-order valence-electron chi connectivity index (χ3n) is 4.24. The molecule has 0 saturated carbocycles. The first kappa shape index (κ1) is 17.1. The fraction of sp³-hybridized carbons (Fsp3) is 0.100. The molecule has 0 aliphatic carbocycles. The molecule has 1 heterocycles. The normalized spacial score (nSPS) is 19.1. The minimum atomic E-state index is -3.55. The Morgan fingerprint density at radius 2 is 1.46 bits per heavy atom. The first-order chi connectivity index (χ1) is 12.6. The Morgan fingerprint density at radius 1 is 0.846 bits per heavy atom. The van der Waals surface area contributed by atoms with Crippen molar-refractivity contribution in [1.29, 1.82) is 0 Å². The molecule has 1 aliphatic rings. The first-order valence-corrected chi connectivity index (χ1v) is 9.97. The zero-order chi connectivity index (χ0) is 18.1. The lowest BCUT2D eigenvalue weighted by Crippen LogP contribution is -2.12. The fourth-order valence-corrected chi connectivity index (χ4v) is 4.63. The van der Waals surface area contributed by atoms with Crippen LogP contribution in [0.3, 0.4) is 0 Å². The van der Waals surface area contributed by atoms with Crippen LogP contribution in [0.4, 0.5) is 0 Å². The average molecular weight is 386 g/mol. The Balaban J connectivity index is 1.51. The van der Waals surface area contributed by atoms with Gasteiger partial charge in [0.15, 0.2) is 0 Å². The van der Waals surface area contributed by atoms with Crippen LogP contribution in [-0.4, -0.2) is 19.3 Å². The molecule has 0 radical (unpaired) electrons. The van der Waals surface area contributed by atoms with Crippen molar-refractivity contribution in [2.24, 2.45) is 0 Å². The number of nitrogens with zero attached hydrogens (tertiary/aromatic N) is 1. The van der Waals surface area contributed by atoms with Crippen LogP contribution in [0, 0.1) is 0 Å². The number of benzene rings is 3. The molecule has 2 unspecified atom stereocenters. The molecule has 26 heavy (non-hydrogen) atoms. The van der Waals surface area contributed by atoms with E-state index in [1.54, 1.807) is 30.3 Å². The molecule has 2 atom stereocenters. The molecule has 3 aromatic rings. The van der Waals surface area contributed by atoms with E-state index in [0.29, 0.717) is 23.1 Å². The standard InChI is InChI=1S/C20H16ClNO3S/c21-19-9-5-4-8-18(19)20-14-22(20)26(23,24)17-12-10-16(11-13-17)25-15-6-2-1-3-7-15/h1-13,20H,14H2. The van der Waals surface area contributed by atoms with Gasteiger partial charge in [0.1, 0.15) is 11.5 Å². The van der Waals surface area contributed by atoms with E-state index < -0.39 is 10.0 Å². The van der Waals surface area contributed by atoms with E-state index in [0.717, 1.165) is 5.56 Å². The summed E-state index contributed by atoms with van der Waals surface area (Å²) < 4.78 is 32.8. The smallest absolute Gasteiger partial charge is 0.243 e. The van der Waals surface area contributed by atoms with Crippen LogP contribution >= 0.6 is 11.6 Å². The summed E-state index contributed by atoms with van der Waals surface area (Å²) in [6, 6.07) is 22.9. The highest BCUT2D eigenvalue weighted by atomic mass is 35.5. The SMILES string of the molecule is O=S(=O)(c1ccc(Oc2ccccc2)cc1)N1CC1c1ccccc1Cl. The summed E-state index contributed by atoms with van der Waals surface area (Å²) >= 11 is 6.18. The van der Waals surface area contributed by atoms with E-state index in [4.69, 9.17) is 16.3 Å². The van der Waals surface area contributed by atoms with Crippen molar-refractivity contribution in [3.8, 4) is 11.5 Å². The summed E-state index contributed by atoms with van der Waals surface area (Å²) in [4.78, 5) is 0.243. The van der Waals surface area contributed by atoms with Gasteiger partial charge < -0.3 is 4.74 Å². The Bertz CT molecular complexity index is 1020. The second-order valence-corrected chi connectivity index (χ2v) is 8.30. The van der Waals surface area contributed by atoms with E-state index in [9.17, 15) is 8.42 Å². The summed E-state index contributed by atoms with van der Waals surface area (Å²) in [5.41, 5.74) is 0.835. The fourth-order valence-electron chi connectivity index (χ4n) is 2.83. The Kier molecular flexibility index (Phi) is 4.44. The molecule has 132 valence electrons. The summed E-state index contributed by atoms with van der Waals surface area (Å²) in [6.45, 7) is 0.439. The molecule has 1 saturated heterocycles. The van der Waals surface area contributed by atoms with E-state index in [-0.39, 0.29) is 10.9 Å². The van der Waals surface area contributed by atoms with Crippen LogP contribution in [-0.2, 0) is 10.0 Å². The highest BCUT2D eigenvalue weighted by molar-refractivity contribution is 7.89. The van der Waals surface area contributed by atoms with Crippen molar-refractivity contribution in [3.63, 3.8) is 0 Å². The number of hydrogen-bond donors (Lipinski definition) is 0. The molecule has 3 aromatic carbocycles. The Hall–Kier alpha value is -2.34. The van der Waals surface area contributed by atoms with Crippen molar-refractivity contribution < 1.29 is 13.2 Å². The van der Waals surface area contributed by atoms with Gasteiger partial charge in [-0.05, 0) is 48.0 Å². The maximum Gasteiger partial charge on any atom is 0.243 e. The van der Waals surface area contributed by atoms with Crippen molar-refractivity contribution in [2.75, 3.05) is 6.54 Å². The molecule has 0 aromatic heterocycles. The number of sulfonamides is 1. The molecule has 4 rings (SSSR count). The number of rotatable bonds is 5. The molecular weight excluding hydrogens is 370 g/mol. The molecule has 1 aliphatic heterocycles. The van der Waals surface area contributed by atoms with E-state index >= 15 is 0 Å². The van der Waals surface area contributed by atoms with Gasteiger partial charge in [0.25, 0.3) is 0 Å². The lowest BCUT2D eigenvalue weighted by atomic mass is 10.2. The van der Waals surface area contributed by atoms with Gasteiger partial charge in [-0.15, -0.1) is 0 Å². The second-order valence-electron chi connectivity index (χ2n) is 6.00. The molecule has 0 N–H and O–H groups in total. The van der Waals surface area contributed by atoms with E-state index in [1.165, 1.54) is 4.31 Å². The molecule has 0 bridgehead atoms. The zero-order valence-corrected chi connectivity index (χ0v) is 15.3. The van der Waals surface area contributed by atoms with Gasteiger partial charge in [-0.2, -0.15) is 4.31 Å². The van der Waals surface area contributed by atoms with Crippen molar-refractivity contribution in [1.82, 2.24) is 4.31 Å². The first-order valence-electron chi connectivity index (χ1n) is 8.15. The third kappa shape index (κ3) is 3.33. The maximum atomic E-state index is 12.8. The van der Waals surface area contributed by atoms with Gasteiger partial charge in [-0.25, -0.2) is 8.42 Å². The topological polar surface area (TPSA) is 46.4 Å². The van der Waals surface area contributed by atoms with Crippen LogP contribution in [0.1, 0.15) is 11.6 Å². The molecule has 0 spiro atoms. The summed E-state index contributed by atoms with van der Waals surface area (Å²) in [7, 11) is -3.55. The summed E-state index contributed by atoms with van der Waals surface area (Å²) in [5, 5.41) is 0.585. The lowest BCUT2D eigenvalue weighted by molar-refractivity contribution is 0.482. The maximum absolute atomic E-state index is 12.8. The van der Waals surface area contributed by atoms with Crippen LogP contribution < -0.4 is 4.74 Å². The van der Waals surface area contributed by atoms with Gasteiger partial charge in [0.2, 0.25) is 10.0 Å². The monoisotopic (exact) mass is 385 g/mol. The highest BCUT2D eigenvalue weighted by Crippen LogP contribution is 2.42. The number of para-hydroxylation sites is 1. The van der Waals surface area contributed by atoms with E-state index in [1.807, 2.05) is 48.5 Å². The zero-order valence-electron chi connectivity index (χ0n) is 13.7. The summed E-state index contributed by atoms with van der Waals surface area (Å²) in [6.07, 6.45) is 0. The van der Waals surface area contributed by atoms with E-state index in [2.05, 4.69) is 0 Å². The minimum absolute atomic E-state index is 0.200. The van der Waals surface area contributed by atoms with Gasteiger partial charge in [0, 0.05) is 11.6 Å². The molecule has 4 nitrogen and oxygen atoms in total. The average Bonchev–Trinajstić information content (AvgIpc) is 3.45. The van der Waals surface area contributed by atoms with Gasteiger partial charge in [-0.3, -0.25) is 0 Å². The van der Waals surface area contributed by atoms with Crippen LogP contribution in [0.15, 0.2) is 83.8 Å². The van der Waals surface area contributed by atoms with Gasteiger partial charge >= 0.3 is 0 Å².